The minimum absolute atomic E-state index is 0.310. The minimum Gasteiger partial charge on any atom is -0.395 e. The fourth-order valence-electron chi connectivity index (χ4n) is 1.19. The Morgan fingerprint density at radius 3 is 2.58 bits per heavy atom. The van der Waals surface area contributed by atoms with E-state index in [1.165, 1.54) is 7.11 Å². The van der Waals surface area contributed by atoms with Crippen molar-refractivity contribution in [2.75, 3.05) is 13.7 Å². The first-order valence-electron chi connectivity index (χ1n) is 3.49. The Morgan fingerprint density at radius 1 is 1.75 bits per heavy atom. The van der Waals surface area contributed by atoms with E-state index in [2.05, 4.69) is 10.1 Å². The number of halogens is 2. The van der Waals surface area contributed by atoms with Crippen LogP contribution in [-0.2, 0) is 4.74 Å². The highest BCUT2D eigenvalue weighted by molar-refractivity contribution is 14.1. The molecule has 1 aliphatic rings. The summed E-state index contributed by atoms with van der Waals surface area (Å²) in [4.78, 5) is 0. The molecule has 0 amide bonds. The molecule has 0 radical (unpaired) electrons. The lowest BCUT2D eigenvalue weighted by atomic mass is 10.1. The van der Waals surface area contributed by atoms with Crippen LogP contribution in [0, 0.1) is 0 Å². The van der Waals surface area contributed by atoms with Crippen molar-refractivity contribution in [1.29, 1.82) is 0 Å². The van der Waals surface area contributed by atoms with Crippen molar-refractivity contribution in [1.82, 2.24) is 5.32 Å². The standard InChI is InChI=1S/C6H11FINO3/c1-12-6(7)4(11)3(2-10)9-5(6)8/h3-5,9-11H,2H2,1H3/t3-,4-,5-,6-/m1/s1. The highest BCUT2D eigenvalue weighted by Gasteiger charge is 2.55. The maximum Gasteiger partial charge on any atom is 0.261 e. The molecule has 6 heteroatoms. The van der Waals surface area contributed by atoms with Gasteiger partial charge in [0.05, 0.1) is 12.6 Å². The first-order chi connectivity index (χ1) is 5.56. The van der Waals surface area contributed by atoms with Gasteiger partial charge in [0.1, 0.15) is 10.2 Å². The van der Waals surface area contributed by atoms with Gasteiger partial charge < -0.3 is 14.9 Å². The molecule has 3 N–H and O–H groups in total. The number of alkyl halides is 2. The Bertz CT molecular complexity index is 173. The van der Waals surface area contributed by atoms with Gasteiger partial charge in [-0.1, -0.05) is 22.6 Å². The molecule has 0 bridgehead atoms. The van der Waals surface area contributed by atoms with E-state index in [9.17, 15) is 9.50 Å². The summed E-state index contributed by atoms with van der Waals surface area (Å²) in [5.74, 6) is -2.10. The van der Waals surface area contributed by atoms with Gasteiger partial charge in [-0.2, -0.15) is 0 Å². The van der Waals surface area contributed by atoms with Crippen LogP contribution in [0.4, 0.5) is 4.39 Å². The molecule has 0 aromatic heterocycles. The molecule has 0 aromatic rings. The van der Waals surface area contributed by atoms with Crippen LogP contribution in [0.3, 0.4) is 0 Å². The van der Waals surface area contributed by atoms with Crippen LogP contribution in [0.2, 0.25) is 0 Å². The zero-order chi connectivity index (χ0) is 9.35. The van der Waals surface area contributed by atoms with Crippen LogP contribution in [-0.4, -0.2) is 46.0 Å². The maximum atomic E-state index is 13.6. The third-order valence-corrected chi connectivity index (χ3v) is 3.21. The van der Waals surface area contributed by atoms with Crippen LogP contribution in [0.15, 0.2) is 0 Å². The van der Waals surface area contributed by atoms with Gasteiger partial charge in [-0.25, -0.2) is 4.39 Å². The Hall–Kier alpha value is 0.500. The summed E-state index contributed by atoms with van der Waals surface area (Å²) in [6, 6.07) is -0.656. The summed E-state index contributed by atoms with van der Waals surface area (Å²) in [7, 11) is 1.19. The van der Waals surface area contributed by atoms with Crippen LogP contribution in [0.5, 0.6) is 0 Å². The first-order valence-corrected chi connectivity index (χ1v) is 4.74. The quantitative estimate of drug-likeness (QED) is 0.361. The average molecular weight is 291 g/mol. The molecule has 1 heterocycles. The van der Waals surface area contributed by atoms with Gasteiger partial charge in [0.25, 0.3) is 5.85 Å². The molecule has 4 atom stereocenters. The number of ether oxygens (including phenoxy) is 1. The average Bonchev–Trinajstić information content (AvgIpc) is 2.30. The highest BCUT2D eigenvalue weighted by Crippen LogP contribution is 2.34. The van der Waals surface area contributed by atoms with E-state index >= 15 is 0 Å². The van der Waals surface area contributed by atoms with Crippen LogP contribution >= 0.6 is 22.6 Å². The Balaban J connectivity index is 2.76. The molecular weight excluding hydrogens is 280 g/mol. The summed E-state index contributed by atoms with van der Waals surface area (Å²) < 4.78 is 17.5. The first kappa shape index (κ1) is 10.6. The summed E-state index contributed by atoms with van der Waals surface area (Å²) in [5, 5.41) is 20.8. The summed E-state index contributed by atoms with van der Waals surface area (Å²) in [5.41, 5.74) is 0. The van der Waals surface area contributed by atoms with E-state index in [0.717, 1.165) is 0 Å². The van der Waals surface area contributed by atoms with E-state index in [1.54, 1.807) is 22.6 Å². The molecule has 0 saturated carbocycles. The molecule has 1 aliphatic heterocycles. The van der Waals surface area contributed by atoms with E-state index in [-0.39, 0.29) is 6.61 Å². The van der Waals surface area contributed by atoms with Crippen molar-refractivity contribution in [3.63, 3.8) is 0 Å². The summed E-state index contributed by atoms with van der Waals surface area (Å²) >= 11 is 1.78. The molecular formula is C6H11FINO3. The van der Waals surface area contributed by atoms with E-state index < -0.39 is 22.0 Å². The number of hydrogen-bond acceptors (Lipinski definition) is 4. The molecule has 0 spiro atoms. The molecule has 0 aromatic carbocycles. The second-order valence-electron chi connectivity index (χ2n) is 2.66. The smallest absolute Gasteiger partial charge is 0.261 e. The van der Waals surface area contributed by atoms with Crippen LogP contribution in [0.25, 0.3) is 0 Å². The third kappa shape index (κ3) is 1.46. The lowest BCUT2D eigenvalue weighted by Gasteiger charge is -2.24. The number of hydrogen-bond donors (Lipinski definition) is 3. The molecule has 12 heavy (non-hydrogen) atoms. The fraction of sp³-hybridized carbons (Fsp3) is 1.00. The zero-order valence-electron chi connectivity index (χ0n) is 6.50. The lowest BCUT2D eigenvalue weighted by Crippen LogP contribution is -2.44. The molecule has 1 saturated heterocycles. The highest BCUT2D eigenvalue weighted by atomic mass is 127. The van der Waals surface area contributed by atoms with Crippen molar-refractivity contribution in [3.05, 3.63) is 0 Å². The van der Waals surface area contributed by atoms with E-state index in [1.807, 2.05) is 0 Å². The van der Waals surface area contributed by atoms with Crippen LogP contribution in [0.1, 0.15) is 0 Å². The second-order valence-corrected chi connectivity index (χ2v) is 3.91. The van der Waals surface area contributed by atoms with Crippen LogP contribution < -0.4 is 5.32 Å². The number of rotatable bonds is 2. The number of nitrogens with one attached hydrogen (secondary N) is 1. The van der Waals surface area contributed by atoms with E-state index in [0.29, 0.717) is 0 Å². The largest absolute Gasteiger partial charge is 0.395 e. The normalized spacial score (nSPS) is 48.2. The zero-order valence-corrected chi connectivity index (χ0v) is 8.66. The number of aliphatic hydroxyl groups is 2. The van der Waals surface area contributed by atoms with Gasteiger partial charge in [0.15, 0.2) is 0 Å². The third-order valence-electron chi connectivity index (χ3n) is 2.00. The van der Waals surface area contributed by atoms with Gasteiger partial charge in [0, 0.05) is 7.11 Å². The number of aliphatic hydroxyl groups excluding tert-OH is 2. The topological polar surface area (TPSA) is 61.7 Å². The maximum absolute atomic E-state index is 13.6. The van der Waals surface area contributed by atoms with E-state index in [4.69, 9.17) is 5.11 Å². The molecule has 1 rings (SSSR count). The molecule has 4 nitrogen and oxygen atoms in total. The van der Waals surface area contributed by atoms with Crippen molar-refractivity contribution >= 4 is 22.6 Å². The van der Waals surface area contributed by atoms with Crippen molar-refractivity contribution in [2.24, 2.45) is 0 Å². The van der Waals surface area contributed by atoms with Gasteiger partial charge in [-0.15, -0.1) is 0 Å². The Morgan fingerprint density at radius 2 is 2.33 bits per heavy atom. The van der Waals surface area contributed by atoms with Crippen molar-refractivity contribution in [3.8, 4) is 0 Å². The van der Waals surface area contributed by atoms with Gasteiger partial charge in [-0.3, -0.25) is 5.32 Å². The molecule has 0 aliphatic carbocycles. The second kappa shape index (κ2) is 3.70. The summed E-state index contributed by atoms with van der Waals surface area (Å²) in [6.45, 7) is -0.310. The Labute approximate surface area is 83.2 Å². The fourth-order valence-corrected chi connectivity index (χ4v) is 2.28. The van der Waals surface area contributed by atoms with Crippen molar-refractivity contribution in [2.45, 2.75) is 22.0 Å². The predicted molar refractivity (Wildman–Crippen MR) is 48.7 cm³/mol. The lowest BCUT2D eigenvalue weighted by molar-refractivity contribution is -0.172. The SMILES string of the molecule is CO[C@@]1(F)[C@H](I)N[C@H](CO)[C@H]1O. The van der Waals surface area contributed by atoms with Gasteiger partial charge in [0.2, 0.25) is 0 Å². The van der Waals surface area contributed by atoms with Crippen molar-refractivity contribution < 1.29 is 19.3 Å². The van der Waals surface area contributed by atoms with Gasteiger partial charge in [-0.05, 0) is 0 Å². The minimum atomic E-state index is -2.10. The molecule has 1 fully saturated rings. The number of methoxy groups -OCH3 is 1. The Kier molecular flexibility index (Phi) is 3.27. The predicted octanol–water partition coefficient (Wildman–Crippen LogP) is -0.615. The molecule has 72 valence electrons. The molecule has 0 unspecified atom stereocenters. The summed E-state index contributed by atoms with van der Waals surface area (Å²) in [6.07, 6.45) is -1.32. The van der Waals surface area contributed by atoms with Gasteiger partial charge >= 0.3 is 0 Å². The monoisotopic (exact) mass is 291 g/mol.